The number of hydrogen-bond acceptors (Lipinski definition) is 2. The zero-order valence-electron chi connectivity index (χ0n) is 9.36. The van der Waals surface area contributed by atoms with Crippen LogP contribution in [0.5, 0.6) is 0 Å². The van der Waals surface area contributed by atoms with Crippen LogP contribution in [-0.4, -0.2) is 10.5 Å². The Hall–Kier alpha value is -1.97. The molecule has 0 radical (unpaired) electrons. The van der Waals surface area contributed by atoms with Crippen molar-refractivity contribution >= 4 is 5.91 Å². The van der Waals surface area contributed by atoms with E-state index in [0.717, 1.165) is 5.69 Å². The van der Waals surface area contributed by atoms with Crippen LogP contribution in [0.25, 0.3) is 0 Å². The van der Waals surface area contributed by atoms with Gasteiger partial charge in [0.05, 0.1) is 12.8 Å². The number of carbonyl (C=O) groups is 1. The van der Waals surface area contributed by atoms with Crippen molar-refractivity contribution < 1.29 is 9.21 Å². The van der Waals surface area contributed by atoms with Crippen LogP contribution in [0.3, 0.4) is 0 Å². The molecule has 1 amide bonds. The van der Waals surface area contributed by atoms with Crippen LogP contribution in [0.15, 0.2) is 34.9 Å². The maximum atomic E-state index is 11.6. The van der Waals surface area contributed by atoms with Crippen molar-refractivity contribution in [1.29, 1.82) is 0 Å². The molecule has 4 nitrogen and oxygen atoms in total. The molecule has 0 atom stereocenters. The molecule has 4 heteroatoms. The normalized spacial score (nSPS) is 10.4. The summed E-state index contributed by atoms with van der Waals surface area (Å²) in [6.07, 6.45) is 1.49. The van der Waals surface area contributed by atoms with E-state index in [1.807, 2.05) is 30.7 Å². The first-order valence-electron chi connectivity index (χ1n) is 5.11. The first-order valence-corrected chi connectivity index (χ1v) is 5.11. The summed E-state index contributed by atoms with van der Waals surface area (Å²) in [7, 11) is 1.98. The number of carbonyl (C=O) groups excluding carboxylic acids is 1. The fraction of sp³-hybridized carbons (Fsp3) is 0.250. The summed E-state index contributed by atoms with van der Waals surface area (Å²) in [5.74, 6) is 0.148. The molecule has 0 aliphatic heterocycles. The first kappa shape index (κ1) is 10.5. The highest BCUT2D eigenvalue weighted by Gasteiger charge is 2.08. The highest BCUT2D eigenvalue weighted by molar-refractivity contribution is 5.91. The number of amides is 1. The molecule has 84 valence electrons. The third-order valence-corrected chi connectivity index (χ3v) is 2.65. The number of hydrogen-bond donors (Lipinski definition) is 1. The fourth-order valence-electron chi connectivity index (χ4n) is 1.51. The second-order valence-electron chi connectivity index (χ2n) is 3.69. The first-order chi connectivity index (χ1) is 7.68. The van der Waals surface area contributed by atoms with Gasteiger partial charge in [0.1, 0.15) is 0 Å². The number of nitrogens with zero attached hydrogens (tertiary/aromatic N) is 1. The second-order valence-corrected chi connectivity index (χ2v) is 3.69. The van der Waals surface area contributed by atoms with Crippen LogP contribution in [0.4, 0.5) is 0 Å². The summed E-state index contributed by atoms with van der Waals surface area (Å²) < 4.78 is 7.04. The van der Waals surface area contributed by atoms with Crippen LogP contribution >= 0.6 is 0 Å². The molecule has 0 fully saturated rings. The lowest BCUT2D eigenvalue weighted by molar-refractivity contribution is 0.0922. The Labute approximate surface area is 93.9 Å². The molecule has 0 unspecified atom stereocenters. The molecule has 0 saturated carbocycles. The van der Waals surface area contributed by atoms with Crippen molar-refractivity contribution in [3.63, 3.8) is 0 Å². The summed E-state index contributed by atoms with van der Waals surface area (Å²) in [5, 5.41) is 2.80. The minimum absolute atomic E-state index is 0.191. The lowest BCUT2D eigenvalue weighted by Crippen LogP contribution is -2.23. The lowest BCUT2D eigenvalue weighted by Gasteiger charge is -2.06. The van der Waals surface area contributed by atoms with Crippen molar-refractivity contribution in [3.8, 4) is 0 Å². The van der Waals surface area contributed by atoms with Gasteiger partial charge in [-0.25, -0.2) is 0 Å². The molecule has 1 N–H and O–H groups in total. The van der Waals surface area contributed by atoms with Crippen molar-refractivity contribution in [2.45, 2.75) is 13.5 Å². The largest absolute Gasteiger partial charge is 0.459 e. The standard InChI is InChI=1S/C12H14N2O2/c1-9-5-6-10(14(9)2)8-13-12(15)11-4-3-7-16-11/h3-7H,8H2,1-2H3,(H,13,15). The fourth-order valence-corrected chi connectivity index (χ4v) is 1.51. The second kappa shape index (κ2) is 4.26. The van der Waals surface area contributed by atoms with E-state index in [-0.39, 0.29) is 5.91 Å². The average Bonchev–Trinajstić information content (AvgIpc) is 2.89. The molecule has 16 heavy (non-hydrogen) atoms. The van der Waals surface area contributed by atoms with E-state index in [2.05, 4.69) is 5.32 Å². The van der Waals surface area contributed by atoms with Crippen LogP contribution in [-0.2, 0) is 13.6 Å². The van der Waals surface area contributed by atoms with E-state index < -0.39 is 0 Å². The zero-order valence-corrected chi connectivity index (χ0v) is 9.36. The summed E-state index contributed by atoms with van der Waals surface area (Å²) in [5.41, 5.74) is 2.24. The van der Waals surface area contributed by atoms with Gasteiger partial charge < -0.3 is 14.3 Å². The number of furan rings is 1. The maximum Gasteiger partial charge on any atom is 0.287 e. The number of rotatable bonds is 3. The van der Waals surface area contributed by atoms with Crippen molar-refractivity contribution in [3.05, 3.63) is 47.7 Å². The molecule has 0 spiro atoms. The van der Waals surface area contributed by atoms with Crippen LogP contribution in [0.1, 0.15) is 21.9 Å². The predicted octanol–water partition coefficient (Wildman–Crippen LogP) is 1.86. The van der Waals surface area contributed by atoms with Crippen LogP contribution in [0.2, 0.25) is 0 Å². The zero-order chi connectivity index (χ0) is 11.5. The molecule has 2 aromatic rings. The van der Waals surface area contributed by atoms with Gasteiger partial charge in [-0.2, -0.15) is 0 Å². The van der Waals surface area contributed by atoms with Gasteiger partial charge in [0.25, 0.3) is 5.91 Å². The molecule has 2 rings (SSSR count). The minimum Gasteiger partial charge on any atom is -0.459 e. The topological polar surface area (TPSA) is 47.2 Å². The van der Waals surface area contributed by atoms with E-state index in [0.29, 0.717) is 12.3 Å². The SMILES string of the molecule is Cc1ccc(CNC(=O)c2ccco2)n1C. The van der Waals surface area contributed by atoms with Crippen molar-refractivity contribution in [2.75, 3.05) is 0 Å². The summed E-state index contributed by atoms with van der Waals surface area (Å²) in [4.78, 5) is 11.6. The molecule has 2 aromatic heterocycles. The van der Waals surface area contributed by atoms with Gasteiger partial charge in [0.15, 0.2) is 5.76 Å². The van der Waals surface area contributed by atoms with E-state index in [1.54, 1.807) is 12.1 Å². The quantitative estimate of drug-likeness (QED) is 0.854. The Morgan fingerprint density at radius 2 is 2.25 bits per heavy atom. The summed E-state index contributed by atoms with van der Waals surface area (Å²) in [6.45, 7) is 2.53. The third-order valence-electron chi connectivity index (χ3n) is 2.65. The van der Waals surface area contributed by atoms with Gasteiger partial charge in [-0.3, -0.25) is 4.79 Å². The Bertz CT molecular complexity index is 483. The Balaban J connectivity index is 1.98. The minimum atomic E-state index is -0.191. The van der Waals surface area contributed by atoms with Crippen molar-refractivity contribution in [1.82, 2.24) is 9.88 Å². The van der Waals surface area contributed by atoms with Crippen LogP contribution < -0.4 is 5.32 Å². The Kier molecular flexibility index (Phi) is 2.81. The van der Waals surface area contributed by atoms with E-state index in [9.17, 15) is 4.79 Å². The predicted molar refractivity (Wildman–Crippen MR) is 60.0 cm³/mol. The molecule has 2 heterocycles. The molecule has 0 aliphatic carbocycles. The third kappa shape index (κ3) is 2.00. The summed E-state index contributed by atoms with van der Waals surface area (Å²) in [6, 6.07) is 7.36. The lowest BCUT2D eigenvalue weighted by atomic mass is 10.4. The molecule has 0 aliphatic rings. The monoisotopic (exact) mass is 218 g/mol. The van der Waals surface area contributed by atoms with E-state index in [1.165, 1.54) is 12.0 Å². The number of aromatic nitrogens is 1. The highest BCUT2D eigenvalue weighted by Crippen LogP contribution is 2.06. The maximum absolute atomic E-state index is 11.6. The average molecular weight is 218 g/mol. The number of nitrogens with one attached hydrogen (secondary N) is 1. The molecule has 0 saturated heterocycles. The molecular weight excluding hydrogens is 204 g/mol. The summed E-state index contributed by atoms with van der Waals surface area (Å²) >= 11 is 0. The van der Waals surface area contributed by atoms with Crippen LogP contribution in [0, 0.1) is 6.92 Å². The number of aryl methyl sites for hydroxylation is 1. The van der Waals surface area contributed by atoms with Crippen molar-refractivity contribution in [2.24, 2.45) is 7.05 Å². The molecule has 0 aromatic carbocycles. The Morgan fingerprint density at radius 1 is 1.44 bits per heavy atom. The van der Waals surface area contributed by atoms with Gasteiger partial charge in [-0.1, -0.05) is 0 Å². The van der Waals surface area contributed by atoms with Gasteiger partial charge in [-0.15, -0.1) is 0 Å². The van der Waals surface area contributed by atoms with Gasteiger partial charge in [-0.05, 0) is 31.2 Å². The Morgan fingerprint density at radius 3 is 2.81 bits per heavy atom. The van der Waals surface area contributed by atoms with E-state index in [4.69, 9.17) is 4.42 Å². The van der Waals surface area contributed by atoms with Gasteiger partial charge >= 0.3 is 0 Å². The smallest absolute Gasteiger partial charge is 0.287 e. The van der Waals surface area contributed by atoms with Gasteiger partial charge in [0, 0.05) is 18.4 Å². The van der Waals surface area contributed by atoms with E-state index >= 15 is 0 Å². The highest BCUT2D eigenvalue weighted by atomic mass is 16.3. The van der Waals surface area contributed by atoms with Gasteiger partial charge in [0.2, 0.25) is 0 Å². The molecule has 0 bridgehead atoms. The molecular formula is C12H14N2O2.